The second kappa shape index (κ2) is 11.0. The molecule has 1 atom stereocenters. The van der Waals surface area contributed by atoms with E-state index in [4.69, 9.17) is 9.47 Å². The Hall–Kier alpha value is -3.28. The summed E-state index contributed by atoms with van der Waals surface area (Å²) in [5, 5.41) is 11.2. The van der Waals surface area contributed by atoms with Gasteiger partial charge in [0.25, 0.3) is 11.7 Å². The third-order valence-electron chi connectivity index (χ3n) is 5.34. The average Bonchev–Trinajstić information content (AvgIpc) is 3.06. The topological polar surface area (TPSA) is 76.1 Å². The molecule has 1 amide bonds. The molecule has 3 rings (SSSR count). The number of carbonyl (C=O) groups is 2. The van der Waals surface area contributed by atoms with E-state index in [1.165, 1.54) is 4.90 Å². The van der Waals surface area contributed by atoms with Crippen molar-refractivity contribution in [2.24, 2.45) is 5.92 Å². The predicted octanol–water partition coefficient (Wildman–Crippen LogP) is 5.34. The summed E-state index contributed by atoms with van der Waals surface area (Å²) in [4.78, 5) is 27.5. The van der Waals surface area contributed by atoms with Crippen LogP contribution in [0.15, 0.2) is 54.1 Å². The van der Waals surface area contributed by atoms with E-state index in [1.807, 2.05) is 38.1 Å². The van der Waals surface area contributed by atoms with Crippen molar-refractivity contribution in [3.63, 3.8) is 0 Å². The number of rotatable bonds is 10. The number of likely N-dealkylation sites (tertiary alicyclic amines) is 1. The molecule has 33 heavy (non-hydrogen) atoms. The first-order chi connectivity index (χ1) is 15.9. The Morgan fingerprint density at radius 1 is 1.00 bits per heavy atom. The molecule has 1 N–H and O–H groups in total. The Balaban J connectivity index is 2.07. The number of amides is 1. The number of ether oxygens (including phenoxy) is 2. The smallest absolute Gasteiger partial charge is 0.295 e. The first-order valence-corrected chi connectivity index (χ1v) is 11.6. The van der Waals surface area contributed by atoms with Crippen molar-refractivity contribution in [1.29, 1.82) is 0 Å². The van der Waals surface area contributed by atoms with Crippen molar-refractivity contribution in [3.8, 4) is 11.5 Å². The number of carbonyl (C=O) groups excluding carboxylic acids is 2. The standard InChI is InChI=1S/C27H33NO5/c1-5-13-28-24(19-9-7-11-21(15-19)32-14-6-2)23(26(30)27(28)31)25(29)20-10-8-12-22(16-20)33-17-18(3)4/h7-12,15-16,18,24,29H,5-6,13-14,17H2,1-4H3/b25-23-. The quantitative estimate of drug-likeness (QED) is 0.300. The van der Waals surface area contributed by atoms with Gasteiger partial charge >= 0.3 is 0 Å². The zero-order chi connectivity index (χ0) is 24.0. The van der Waals surface area contributed by atoms with Crippen LogP contribution in [0.5, 0.6) is 11.5 Å². The van der Waals surface area contributed by atoms with Crippen LogP contribution in [0.2, 0.25) is 0 Å². The van der Waals surface area contributed by atoms with Gasteiger partial charge in [0.15, 0.2) is 0 Å². The van der Waals surface area contributed by atoms with Gasteiger partial charge in [-0.25, -0.2) is 0 Å². The number of nitrogens with zero attached hydrogens (tertiary/aromatic N) is 1. The number of Topliss-reactive ketones (excluding diaryl/α,β-unsaturated/α-hetero) is 1. The molecule has 2 aromatic carbocycles. The van der Waals surface area contributed by atoms with Gasteiger partial charge in [-0.15, -0.1) is 0 Å². The zero-order valence-electron chi connectivity index (χ0n) is 19.8. The SMILES string of the molecule is CCCOc1cccc(C2/C(=C(/O)c3cccc(OCC(C)C)c3)C(=O)C(=O)N2CCC)c1. The van der Waals surface area contributed by atoms with Crippen LogP contribution in [0.1, 0.15) is 57.7 Å². The third kappa shape index (κ3) is 5.56. The molecule has 1 aliphatic rings. The van der Waals surface area contributed by atoms with E-state index >= 15 is 0 Å². The Morgan fingerprint density at radius 3 is 2.36 bits per heavy atom. The molecular formula is C27H33NO5. The van der Waals surface area contributed by atoms with Gasteiger partial charge < -0.3 is 19.5 Å². The summed E-state index contributed by atoms with van der Waals surface area (Å²) in [7, 11) is 0. The largest absolute Gasteiger partial charge is 0.507 e. The van der Waals surface area contributed by atoms with Gasteiger partial charge in [0, 0.05) is 12.1 Å². The second-order valence-corrected chi connectivity index (χ2v) is 8.65. The van der Waals surface area contributed by atoms with E-state index in [9.17, 15) is 14.7 Å². The predicted molar refractivity (Wildman–Crippen MR) is 128 cm³/mol. The molecule has 6 nitrogen and oxygen atoms in total. The maximum absolute atomic E-state index is 13.1. The summed E-state index contributed by atoms with van der Waals surface area (Å²) < 4.78 is 11.5. The molecule has 0 radical (unpaired) electrons. The lowest BCUT2D eigenvalue weighted by atomic mass is 9.95. The van der Waals surface area contributed by atoms with Crippen LogP contribution < -0.4 is 9.47 Å². The van der Waals surface area contributed by atoms with Crippen LogP contribution in [0.25, 0.3) is 5.76 Å². The summed E-state index contributed by atoms with van der Waals surface area (Å²) in [5.74, 6) is 0.132. The van der Waals surface area contributed by atoms with Gasteiger partial charge in [-0.3, -0.25) is 9.59 Å². The zero-order valence-corrected chi connectivity index (χ0v) is 19.8. The normalized spacial score (nSPS) is 17.6. The van der Waals surface area contributed by atoms with Crippen LogP contribution in [0.3, 0.4) is 0 Å². The van der Waals surface area contributed by atoms with Crippen molar-refractivity contribution in [2.75, 3.05) is 19.8 Å². The molecule has 1 unspecified atom stereocenters. The van der Waals surface area contributed by atoms with E-state index in [0.717, 1.165) is 12.0 Å². The Kier molecular flexibility index (Phi) is 8.15. The second-order valence-electron chi connectivity index (χ2n) is 8.65. The lowest BCUT2D eigenvalue weighted by Crippen LogP contribution is -2.30. The van der Waals surface area contributed by atoms with Crippen LogP contribution >= 0.6 is 0 Å². The molecule has 0 saturated carbocycles. The Labute approximate surface area is 195 Å². The Morgan fingerprint density at radius 2 is 1.70 bits per heavy atom. The first-order valence-electron chi connectivity index (χ1n) is 11.6. The summed E-state index contributed by atoms with van der Waals surface area (Å²) in [6, 6.07) is 13.7. The van der Waals surface area contributed by atoms with Crippen LogP contribution in [-0.2, 0) is 9.59 Å². The van der Waals surface area contributed by atoms with E-state index < -0.39 is 17.7 Å². The van der Waals surface area contributed by atoms with Gasteiger partial charge in [-0.1, -0.05) is 52.0 Å². The molecule has 0 bridgehead atoms. The molecule has 0 spiro atoms. The van der Waals surface area contributed by atoms with Crippen LogP contribution in [0.4, 0.5) is 0 Å². The fourth-order valence-electron chi connectivity index (χ4n) is 3.84. The lowest BCUT2D eigenvalue weighted by Gasteiger charge is -2.25. The van der Waals surface area contributed by atoms with Crippen molar-refractivity contribution in [2.45, 2.75) is 46.6 Å². The van der Waals surface area contributed by atoms with Gasteiger partial charge in [0.05, 0.1) is 24.8 Å². The molecular weight excluding hydrogens is 418 g/mol. The number of ketones is 1. The first kappa shape index (κ1) is 24.4. The summed E-state index contributed by atoms with van der Waals surface area (Å²) in [6.07, 6.45) is 1.56. The van der Waals surface area contributed by atoms with Gasteiger partial charge in [-0.05, 0) is 48.6 Å². The van der Waals surface area contributed by atoms with E-state index in [-0.39, 0.29) is 11.3 Å². The van der Waals surface area contributed by atoms with Crippen molar-refractivity contribution in [1.82, 2.24) is 4.90 Å². The summed E-state index contributed by atoms with van der Waals surface area (Å²) in [6.45, 7) is 9.60. The molecule has 1 aliphatic heterocycles. The fourth-order valence-corrected chi connectivity index (χ4v) is 3.84. The highest BCUT2D eigenvalue weighted by atomic mass is 16.5. The summed E-state index contributed by atoms with van der Waals surface area (Å²) >= 11 is 0. The minimum Gasteiger partial charge on any atom is -0.507 e. The highest BCUT2D eigenvalue weighted by Gasteiger charge is 2.45. The highest BCUT2D eigenvalue weighted by Crippen LogP contribution is 2.40. The fraction of sp³-hybridized carbons (Fsp3) is 0.407. The molecule has 176 valence electrons. The average molecular weight is 452 g/mol. The van der Waals surface area contributed by atoms with E-state index in [1.54, 1.807) is 24.3 Å². The minimum atomic E-state index is -0.685. The molecule has 1 fully saturated rings. The molecule has 1 saturated heterocycles. The summed E-state index contributed by atoms with van der Waals surface area (Å²) in [5.41, 5.74) is 1.25. The Bertz CT molecular complexity index is 1030. The molecule has 0 aromatic heterocycles. The molecule has 0 aliphatic carbocycles. The molecule has 6 heteroatoms. The third-order valence-corrected chi connectivity index (χ3v) is 5.34. The monoisotopic (exact) mass is 451 g/mol. The van der Waals surface area contributed by atoms with Crippen LogP contribution in [0, 0.1) is 5.92 Å². The number of aliphatic hydroxyl groups is 1. The van der Waals surface area contributed by atoms with E-state index in [0.29, 0.717) is 49.2 Å². The van der Waals surface area contributed by atoms with Crippen LogP contribution in [-0.4, -0.2) is 41.5 Å². The maximum Gasteiger partial charge on any atom is 0.295 e. The van der Waals surface area contributed by atoms with E-state index in [2.05, 4.69) is 13.8 Å². The molecule has 1 heterocycles. The number of hydrogen-bond acceptors (Lipinski definition) is 5. The van der Waals surface area contributed by atoms with Gasteiger partial charge in [0.1, 0.15) is 17.3 Å². The number of benzene rings is 2. The molecule has 2 aromatic rings. The lowest BCUT2D eigenvalue weighted by molar-refractivity contribution is -0.139. The number of hydrogen-bond donors (Lipinski definition) is 1. The minimum absolute atomic E-state index is 0.0853. The van der Waals surface area contributed by atoms with Gasteiger partial charge in [-0.2, -0.15) is 0 Å². The highest BCUT2D eigenvalue weighted by molar-refractivity contribution is 6.46. The number of aliphatic hydroxyl groups excluding tert-OH is 1. The maximum atomic E-state index is 13.1. The van der Waals surface area contributed by atoms with Crippen molar-refractivity contribution >= 4 is 17.4 Å². The van der Waals surface area contributed by atoms with Crippen molar-refractivity contribution in [3.05, 3.63) is 65.2 Å². The van der Waals surface area contributed by atoms with Crippen molar-refractivity contribution < 1.29 is 24.2 Å². The van der Waals surface area contributed by atoms with Gasteiger partial charge in [0.2, 0.25) is 0 Å².